The number of nitrogens with two attached hydrogens (primary N) is 1. The van der Waals surface area contributed by atoms with Crippen LogP contribution in [-0.2, 0) is 17.9 Å². The quantitative estimate of drug-likeness (QED) is 0.574. The van der Waals surface area contributed by atoms with Crippen LogP contribution < -0.4 is 5.73 Å². The fourth-order valence-electron chi connectivity index (χ4n) is 5.49. The molecule has 2 fully saturated rings. The number of likely N-dealkylation sites (tertiary alicyclic amines) is 2. The van der Waals surface area contributed by atoms with E-state index in [4.69, 9.17) is 27.4 Å². The van der Waals surface area contributed by atoms with Gasteiger partial charge in [0, 0.05) is 35.8 Å². The van der Waals surface area contributed by atoms with Crippen molar-refractivity contribution < 1.29 is 4.79 Å². The Hall–Kier alpha value is -2.48. The highest BCUT2D eigenvalue weighted by Crippen LogP contribution is 2.33. The zero-order chi connectivity index (χ0) is 23.7. The molecule has 0 bridgehead atoms. The van der Waals surface area contributed by atoms with Crippen molar-refractivity contribution in [1.29, 1.82) is 0 Å². The van der Waals surface area contributed by atoms with Crippen molar-refractivity contribution in [3.05, 3.63) is 64.1 Å². The minimum Gasteiger partial charge on any atom is -0.369 e. The van der Waals surface area contributed by atoms with Gasteiger partial charge in [-0.15, -0.1) is 0 Å². The lowest BCUT2D eigenvalue weighted by Gasteiger charge is -2.36. The van der Waals surface area contributed by atoms with Crippen molar-refractivity contribution in [3.63, 3.8) is 0 Å². The Morgan fingerprint density at radius 2 is 1.82 bits per heavy atom. The van der Waals surface area contributed by atoms with Crippen LogP contribution in [0.2, 0.25) is 5.02 Å². The van der Waals surface area contributed by atoms with Crippen molar-refractivity contribution in [2.45, 2.75) is 58.2 Å². The summed E-state index contributed by atoms with van der Waals surface area (Å²) in [5.41, 5.74) is 11.1. The maximum Gasteiger partial charge on any atom is 0.220 e. The molecule has 0 saturated carbocycles. The Kier molecular flexibility index (Phi) is 6.86. The molecule has 2 aliphatic rings. The van der Waals surface area contributed by atoms with E-state index < -0.39 is 0 Å². The molecule has 8 heteroatoms. The zero-order valence-electron chi connectivity index (χ0n) is 19.8. The van der Waals surface area contributed by atoms with Gasteiger partial charge in [0.1, 0.15) is 0 Å². The third-order valence-corrected chi connectivity index (χ3v) is 7.72. The first-order chi connectivity index (χ1) is 16.5. The second-order valence-corrected chi connectivity index (χ2v) is 10.2. The molecular weight excluding hydrogens is 448 g/mol. The zero-order valence-corrected chi connectivity index (χ0v) is 20.5. The predicted octanol–water partition coefficient (Wildman–Crippen LogP) is 4.12. The van der Waals surface area contributed by atoms with Crippen molar-refractivity contribution in [2.24, 2.45) is 11.7 Å². The summed E-state index contributed by atoms with van der Waals surface area (Å²) in [6, 6.07) is 10.6. The lowest BCUT2D eigenvalue weighted by atomic mass is 9.96. The number of fused-ring (bicyclic) bond motifs is 1. The number of nitrogens with zero attached hydrogens (tertiary/aromatic N) is 5. The van der Waals surface area contributed by atoms with E-state index >= 15 is 0 Å². The molecule has 0 aliphatic carbocycles. The molecule has 1 aromatic carbocycles. The molecule has 3 aromatic rings. The number of hydrogen-bond acceptors (Lipinski definition) is 5. The van der Waals surface area contributed by atoms with Gasteiger partial charge >= 0.3 is 0 Å². The summed E-state index contributed by atoms with van der Waals surface area (Å²) in [5.74, 6) is -0.169. The molecule has 0 spiro atoms. The van der Waals surface area contributed by atoms with Gasteiger partial charge in [-0.05, 0) is 76.0 Å². The van der Waals surface area contributed by atoms with E-state index in [0.717, 1.165) is 68.3 Å². The highest BCUT2D eigenvalue weighted by atomic mass is 35.5. The average molecular weight is 481 g/mol. The number of benzene rings is 1. The van der Waals surface area contributed by atoms with Crippen molar-refractivity contribution in [2.75, 3.05) is 19.6 Å². The molecule has 0 radical (unpaired) electrons. The summed E-state index contributed by atoms with van der Waals surface area (Å²) >= 11 is 6.10. The third kappa shape index (κ3) is 4.83. The molecule has 7 nitrogen and oxygen atoms in total. The molecule has 5 rings (SSSR count). The molecule has 4 heterocycles. The molecular formula is C26H33ClN6O. The van der Waals surface area contributed by atoms with Crippen LogP contribution >= 0.6 is 11.6 Å². The van der Waals surface area contributed by atoms with E-state index in [1.165, 1.54) is 29.7 Å². The van der Waals surface area contributed by atoms with Crippen molar-refractivity contribution in [1.82, 2.24) is 24.4 Å². The normalized spacial score (nSPS) is 20.7. The van der Waals surface area contributed by atoms with Gasteiger partial charge in [-0.3, -0.25) is 14.6 Å². The van der Waals surface area contributed by atoms with E-state index in [9.17, 15) is 4.79 Å². The summed E-state index contributed by atoms with van der Waals surface area (Å²) < 4.78 is 2.08. The topological polar surface area (TPSA) is 79.8 Å². The summed E-state index contributed by atoms with van der Waals surface area (Å²) in [6.07, 6.45) is 7.13. The first-order valence-corrected chi connectivity index (χ1v) is 12.7. The van der Waals surface area contributed by atoms with Gasteiger partial charge in [-0.1, -0.05) is 30.2 Å². The Morgan fingerprint density at radius 1 is 1.06 bits per heavy atom. The maximum atomic E-state index is 11.5. The Balaban J connectivity index is 1.39. The van der Waals surface area contributed by atoms with Gasteiger partial charge < -0.3 is 5.73 Å². The van der Waals surface area contributed by atoms with Gasteiger partial charge in [0.25, 0.3) is 0 Å². The molecule has 2 N–H and O–H groups in total. The highest BCUT2D eigenvalue weighted by Gasteiger charge is 2.29. The van der Waals surface area contributed by atoms with Crippen LogP contribution in [-0.4, -0.2) is 49.9 Å². The number of primary amides is 1. The number of halogens is 1. The Bertz CT molecular complexity index is 1150. The van der Waals surface area contributed by atoms with E-state index in [0.29, 0.717) is 6.04 Å². The smallest absolute Gasteiger partial charge is 0.220 e. The fourth-order valence-corrected chi connectivity index (χ4v) is 5.62. The van der Waals surface area contributed by atoms with Crippen LogP contribution in [0.3, 0.4) is 0 Å². The number of piperidine rings is 2. The van der Waals surface area contributed by atoms with E-state index in [1.54, 1.807) is 0 Å². The first-order valence-electron chi connectivity index (χ1n) is 12.3. The molecule has 2 aromatic heterocycles. The molecule has 180 valence electrons. The highest BCUT2D eigenvalue weighted by molar-refractivity contribution is 6.30. The number of hydrogen-bond donors (Lipinski definition) is 1. The van der Waals surface area contributed by atoms with E-state index in [1.807, 2.05) is 18.3 Å². The lowest BCUT2D eigenvalue weighted by Crippen LogP contribution is -2.38. The monoisotopic (exact) mass is 480 g/mol. The maximum absolute atomic E-state index is 11.5. The number of aryl methyl sites for hydroxylation is 1. The number of aromatic nitrogens is 3. The summed E-state index contributed by atoms with van der Waals surface area (Å²) in [4.78, 5) is 21.2. The van der Waals surface area contributed by atoms with Gasteiger partial charge in [0.2, 0.25) is 5.91 Å². The number of amides is 1. The van der Waals surface area contributed by atoms with Crippen LogP contribution in [0.15, 0.2) is 36.5 Å². The van der Waals surface area contributed by atoms with Gasteiger partial charge in [0.05, 0.1) is 17.4 Å². The number of carbonyl (C=O) groups is 1. The fraction of sp³-hybridized carbons (Fsp3) is 0.500. The first kappa shape index (κ1) is 23.3. The van der Waals surface area contributed by atoms with E-state index in [-0.39, 0.29) is 11.8 Å². The SMILES string of the molecule is Cc1nn2c(C3CCCCN3Cc3ccc(Cl)cc3)ccnc2c1CN1CCC(C(N)=O)CC1. The second-order valence-electron chi connectivity index (χ2n) is 9.73. The van der Waals surface area contributed by atoms with Gasteiger partial charge in [0.15, 0.2) is 5.65 Å². The number of rotatable bonds is 6. The molecule has 1 unspecified atom stereocenters. The summed E-state index contributed by atoms with van der Waals surface area (Å²) in [5, 5.41) is 5.73. The lowest BCUT2D eigenvalue weighted by molar-refractivity contribution is -0.123. The molecule has 1 atom stereocenters. The van der Waals surface area contributed by atoms with Crippen LogP contribution in [0.25, 0.3) is 5.65 Å². The van der Waals surface area contributed by atoms with Crippen LogP contribution in [0.4, 0.5) is 0 Å². The summed E-state index contributed by atoms with van der Waals surface area (Å²) in [7, 11) is 0. The number of carbonyl (C=O) groups excluding carboxylic acids is 1. The van der Waals surface area contributed by atoms with Crippen LogP contribution in [0.1, 0.15) is 60.7 Å². The standard InChI is InChI=1S/C26H33ClN6O/c1-18-22(17-31-14-10-20(11-15-31)25(28)34)26-29-12-9-24(33(26)30-18)23-4-2-3-13-32(23)16-19-5-7-21(27)8-6-19/h5-9,12,20,23H,2-4,10-11,13-17H2,1H3,(H2,28,34). The van der Waals surface area contributed by atoms with Crippen molar-refractivity contribution >= 4 is 23.2 Å². The molecule has 2 saturated heterocycles. The molecule has 34 heavy (non-hydrogen) atoms. The molecule has 1 amide bonds. The third-order valence-electron chi connectivity index (χ3n) is 7.47. The second kappa shape index (κ2) is 10.0. The van der Waals surface area contributed by atoms with Crippen molar-refractivity contribution in [3.8, 4) is 0 Å². The van der Waals surface area contributed by atoms with Gasteiger partial charge in [-0.25, -0.2) is 9.50 Å². The average Bonchev–Trinajstić information content (AvgIpc) is 3.16. The van der Waals surface area contributed by atoms with Crippen LogP contribution in [0.5, 0.6) is 0 Å². The minimum atomic E-state index is -0.172. The Morgan fingerprint density at radius 3 is 2.56 bits per heavy atom. The largest absolute Gasteiger partial charge is 0.369 e. The molecule has 2 aliphatic heterocycles. The Labute approximate surface area is 205 Å². The van der Waals surface area contributed by atoms with Gasteiger partial charge in [-0.2, -0.15) is 5.10 Å². The van der Waals surface area contributed by atoms with E-state index in [2.05, 4.69) is 39.4 Å². The minimum absolute atomic E-state index is 0.00362. The predicted molar refractivity (Wildman–Crippen MR) is 133 cm³/mol. The summed E-state index contributed by atoms with van der Waals surface area (Å²) in [6.45, 7) is 6.60. The van der Waals surface area contributed by atoms with Crippen LogP contribution in [0, 0.1) is 12.8 Å².